The molecule has 4 rings (SSSR count). The fourth-order valence-corrected chi connectivity index (χ4v) is 4.35. The Bertz CT molecular complexity index is 1020. The van der Waals surface area contributed by atoms with Crippen molar-refractivity contribution in [3.8, 4) is 11.5 Å². The van der Waals surface area contributed by atoms with Gasteiger partial charge < -0.3 is 14.6 Å². The van der Waals surface area contributed by atoms with E-state index >= 15 is 0 Å². The minimum absolute atomic E-state index is 0.423. The average Bonchev–Trinajstić information content (AvgIpc) is 3.25. The third-order valence-corrected chi connectivity index (χ3v) is 5.81. The number of carbonyl (C=O) groups is 3. The molecule has 2 amide bonds. The second-order valence-corrected chi connectivity index (χ2v) is 7.47. The molecule has 0 radical (unpaired) electrons. The van der Waals surface area contributed by atoms with E-state index in [2.05, 4.69) is 5.32 Å². The SMILES string of the molecule is COc1ccc([C@@H]2N[C@H](C(=O)O)[C@@H]3C(=O)N(c4ccc(C)cc4)C(=O)[C@H]32)c(OC)c1. The van der Waals surface area contributed by atoms with Crippen LogP contribution in [0.5, 0.6) is 11.5 Å². The van der Waals surface area contributed by atoms with Crippen LogP contribution in [0.3, 0.4) is 0 Å². The zero-order valence-electron chi connectivity index (χ0n) is 16.8. The molecule has 2 aliphatic heterocycles. The Labute approximate surface area is 173 Å². The molecule has 2 aromatic rings. The van der Waals surface area contributed by atoms with E-state index in [-0.39, 0.29) is 0 Å². The number of anilines is 1. The molecule has 30 heavy (non-hydrogen) atoms. The van der Waals surface area contributed by atoms with Crippen LogP contribution in [0.25, 0.3) is 0 Å². The highest BCUT2D eigenvalue weighted by Crippen LogP contribution is 2.47. The summed E-state index contributed by atoms with van der Waals surface area (Å²) in [6.07, 6.45) is 0. The van der Waals surface area contributed by atoms with E-state index < -0.39 is 41.7 Å². The summed E-state index contributed by atoms with van der Waals surface area (Å²) in [5.41, 5.74) is 2.03. The van der Waals surface area contributed by atoms with E-state index in [4.69, 9.17) is 9.47 Å². The van der Waals surface area contributed by atoms with Gasteiger partial charge in [-0.25, -0.2) is 4.90 Å². The number of carboxylic acids is 1. The van der Waals surface area contributed by atoms with Crippen LogP contribution in [-0.4, -0.2) is 43.2 Å². The van der Waals surface area contributed by atoms with Crippen molar-refractivity contribution in [1.29, 1.82) is 0 Å². The van der Waals surface area contributed by atoms with Crippen molar-refractivity contribution in [3.05, 3.63) is 53.6 Å². The molecule has 0 spiro atoms. The summed E-state index contributed by atoms with van der Waals surface area (Å²) in [7, 11) is 3.01. The van der Waals surface area contributed by atoms with Crippen molar-refractivity contribution >= 4 is 23.5 Å². The molecule has 0 bridgehead atoms. The van der Waals surface area contributed by atoms with E-state index in [0.29, 0.717) is 22.7 Å². The highest BCUT2D eigenvalue weighted by molar-refractivity contribution is 6.23. The smallest absolute Gasteiger partial charge is 0.321 e. The van der Waals surface area contributed by atoms with Gasteiger partial charge in [0.1, 0.15) is 17.5 Å². The number of aliphatic carboxylic acids is 1. The summed E-state index contributed by atoms with van der Waals surface area (Å²) >= 11 is 0. The van der Waals surface area contributed by atoms with Crippen molar-refractivity contribution in [2.45, 2.75) is 19.0 Å². The van der Waals surface area contributed by atoms with Gasteiger partial charge in [0.05, 0.1) is 31.7 Å². The molecule has 156 valence electrons. The number of carbonyl (C=O) groups excluding carboxylic acids is 2. The lowest BCUT2D eigenvalue weighted by molar-refractivity contribution is -0.142. The van der Waals surface area contributed by atoms with Crippen molar-refractivity contribution in [2.24, 2.45) is 11.8 Å². The molecule has 2 N–H and O–H groups in total. The highest BCUT2D eigenvalue weighted by Gasteiger charge is 2.61. The molecule has 0 aromatic heterocycles. The van der Waals surface area contributed by atoms with Gasteiger partial charge in [0.2, 0.25) is 11.8 Å². The highest BCUT2D eigenvalue weighted by atomic mass is 16.5. The van der Waals surface area contributed by atoms with E-state index in [0.717, 1.165) is 10.5 Å². The predicted octanol–water partition coefficient (Wildman–Crippen LogP) is 1.92. The quantitative estimate of drug-likeness (QED) is 0.726. The van der Waals surface area contributed by atoms with Crippen LogP contribution in [-0.2, 0) is 14.4 Å². The monoisotopic (exact) mass is 410 g/mol. The number of fused-ring (bicyclic) bond motifs is 1. The Morgan fingerprint density at radius 2 is 1.67 bits per heavy atom. The Balaban J connectivity index is 1.79. The molecular formula is C22H22N2O6. The molecule has 0 saturated carbocycles. The number of hydrogen-bond acceptors (Lipinski definition) is 6. The first kappa shape index (κ1) is 19.9. The molecular weight excluding hydrogens is 388 g/mol. The predicted molar refractivity (Wildman–Crippen MR) is 107 cm³/mol. The lowest BCUT2D eigenvalue weighted by atomic mass is 9.86. The van der Waals surface area contributed by atoms with Crippen LogP contribution >= 0.6 is 0 Å². The second-order valence-electron chi connectivity index (χ2n) is 7.47. The van der Waals surface area contributed by atoms with E-state index in [1.807, 2.05) is 6.92 Å². The number of methoxy groups -OCH3 is 2. The Hall–Kier alpha value is -3.39. The standard InChI is InChI=1S/C22H22N2O6/c1-11-4-6-12(7-5-11)24-20(25)16-17(21(24)26)19(22(27)28)23-18(16)14-9-8-13(29-2)10-15(14)30-3/h4-10,16-19,23H,1-3H3,(H,27,28)/t16-,17-,18+,19+/m1/s1. The van der Waals surface area contributed by atoms with Gasteiger partial charge >= 0.3 is 5.97 Å². The van der Waals surface area contributed by atoms with Crippen LogP contribution < -0.4 is 19.7 Å². The number of ether oxygens (including phenoxy) is 2. The van der Waals surface area contributed by atoms with Crippen molar-refractivity contribution < 1.29 is 29.0 Å². The number of nitrogens with one attached hydrogen (secondary N) is 1. The minimum Gasteiger partial charge on any atom is -0.497 e. The number of nitrogens with zero attached hydrogens (tertiary/aromatic N) is 1. The third-order valence-electron chi connectivity index (χ3n) is 5.81. The van der Waals surface area contributed by atoms with Crippen LogP contribution in [0.15, 0.2) is 42.5 Å². The molecule has 8 nitrogen and oxygen atoms in total. The van der Waals surface area contributed by atoms with Crippen molar-refractivity contribution in [2.75, 3.05) is 19.1 Å². The first-order valence-corrected chi connectivity index (χ1v) is 9.52. The zero-order valence-corrected chi connectivity index (χ0v) is 16.8. The molecule has 2 saturated heterocycles. The summed E-state index contributed by atoms with van der Waals surface area (Å²) < 4.78 is 10.7. The van der Waals surface area contributed by atoms with Crippen LogP contribution in [0.2, 0.25) is 0 Å². The molecule has 8 heteroatoms. The number of amides is 2. The molecule has 2 aliphatic rings. The zero-order chi connectivity index (χ0) is 21.6. The fourth-order valence-electron chi connectivity index (χ4n) is 4.35. The number of benzene rings is 2. The maximum Gasteiger partial charge on any atom is 0.321 e. The maximum atomic E-state index is 13.4. The molecule has 2 heterocycles. The van der Waals surface area contributed by atoms with Gasteiger partial charge in [-0.3, -0.25) is 19.7 Å². The topological polar surface area (TPSA) is 105 Å². The first-order chi connectivity index (χ1) is 14.4. The lowest BCUT2D eigenvalue weighted by Gasteiger charge is -2.23. The number of aryl methyl sites for hydroxylation is 1. The van der Waals surface area contributed by atoms with Gasteiger partial charge in [0.25, 0.3) is 0 Å². The number of rotatable bonds is 5. The van der Waals surface area contributed by atoms with Gasteiger partial charge in [0.15, 0.2) is 0 Å². The third kappa shape index (κ3) is 3.00. The number of carboxylic acid groups (broad SMARTS) is 1. The van der Waals surface area contributed by atoms with Crippen LogP contribution in [0.1, 0.15) is 17.2 Å². The Morgan fingerprint density at radius 1 is 1.00 bits per heavy atom. The van der Waals surface area contributed by atoms with Gasteiger partial charge in [-0.05, 0) is 25.1 Å². The van der Waals surface area contributed by atoms with Gasteiger partial charge in [-0.15, -0.1) is 0 Å². The van der Waals surface area contributed by atoms with Gasteiger partial charge in [-0.1, -0.05) is 23.8 Å². The molecule has 0 unspecified atom stereocenters. The second kappa shape index (κ2) is 7.46. The first-order valence-electron chi connectivity index (χ1n) is 9.52. The van der Waals surface area contributed by atoms with Crippen molar-refractivity contribution in [1.82, 2.24) is 5.32 Å². The minimum atomic E-state index is -1.18. The van der Waals surface area contributed by atoms with E-state index in [1.54, 1.807) is 42.5 Å². The molecule has 2 fully saturated rings. The summed E-state index contributed by atoms with van der Waals surface area (Å²) in [6.45, 7) is 1.91. The van der Waals surface area contributed by atoms with Gasteiger partial charge in [-0.2, -0.15) is 0 Å². The fraction of sp³-hybridized carbons (Fsp3) is 0.318. The summed E-state index contributed by atoms with van der Waals surface area (Å²) in [4.78, 5) is 39.6. The van der Waals surface area contributed by atoms with E-state index in [9.17, 15) is 19.5 Å². The van der Waals surface area contributed by atoms with Crippen LogP contribution in [0, 0.1) is 18.8 Å². The van der Waals surface area contributed by atoms with Crippen molar-refractivity contribution in [3.63, 3.8) is 0 Å². The maximum absolute atomic E-state index is 13.4. The molecule has 0 aliphatic carbocycles. The largest absolute Gasteiger partial charge is 0.497 e. The van der Waals surface area contributed by atoms with Gasteiger partial charge in [0, 0.05) is 17.7 Å². The molecule has 4 atom stereocenters. The average molecular weight is 410 g/mol. The molecule has 2 aromatic carbocycles. The Morgan fingerprint density at radius 3 is 2.27 bits per heavy atom. The summed E-state index contributed by atoms with van der Waals surface area (Å²) in [6, 6.07) is 10.2. The summed E-state index contributed by atoms with van der Waals surface area (Å²) in [5, 5.41) is 12.7. The number of imide groups is 1. The van der Waals surface area contributed by atoms with Crippen LogP contribution in [0.4, 0.5) is 5.69 Å². The normalized spacial score (nSPS) is 25.4. The number of hydrogen-bond donors (Lipinski definition) is 2. The van der Waals surface area contributed by atoms with E-state index in [1.165, 1.54) is 14.2 Å². The Kier molecular flexibility index (Phi) is 4.95. The lowest BCUT2D eigenvalue weighted by Crippen LogP contribution is -2.43. The summed E-state index contributed by atoms with van der Waals surface area (Å²) in [5.74, 6) is -2.96.